The van der Waals surface area contributed by atoms with Gasteiger partial charge in [-0.05, 0) is 62.4 Å². The number of carbonyl (C=O) groups is 1. The summed E-state index contributed by atoms with van der Waals surface area (Å²) in [5.41, 5.74) is 7.92. The summed E-state index contributed by atoms with van der Waals surface area (Å²) in [4.78, 5) is 11.5. The van der Waals surface area contributed by atoms with Crippen LogP contribution in [0.5, 0.6) is 0 Å². The van der Waals surface area contributed by atoms with Crippen LogP contribution in [-0.4, -0.2) is 6.29 Å². The molecule has 0 fully saturated rings. The van der Waals surface area contributed by atoms with Crippen LogP contribution in [0.4, 0.5) is 0 Å². The molecular weight excluding hydrogens is 388 g/mol. The van der Waals surface area contributed by atoms with Gasteiger partial charge in [0.25, 0.3) is 0 Å². The Hall–Kier alpha value is -3.19. The van der Waals surface area contributed by atoms with Gasteiger partial charge in [-0.2, -0.15) is 0 Å². The van der Waals surface area contributed by atoms with E-state index in [9.17, 15) is 4.79 Å². The molecule has 0 aliphatic rings. The van der Waals surface area contributed by atoms with Gasteiger partial charge in [0.1, 0.15) is 6.29 Å². The molecule has 0 heterocycles. The highest BCUT2D eigenvalue weighted by atomic mass is 16.1. The van der Waals surface area contributed by atoms with Crippen LogP contribution in [0.25, 0.3) is 24.3 Å². The Morgan fingerprint density at radius 2 is 0.781 bits per heavy atom. The van der Waals surface area contributed by atoms with Crippen molar-refractivity contribution in [2.75, 3.05) is 0 Å². The standard InChI is InChI=1S/C31H34O/c1-30(2,3)28-15-11-23(12-16-28)7-9-25-19-26(21-27(20-25)22-32)10-8-24-13-17-29(18-14-24)31(4,5)6/h7-22H,1-6H3/b9-7+,10-8+. The minimum absolute atomic E-state index is 0.148. The molecule has 0 N–H and O–H groups in total. The molecule has 3 aromatic carbocycles. The molecule has 0 radical (unpaired) electrons. The first-order valence-electron chi connectivity index (χ1n) is 11.2. The SMILES string of the molecule is CC(C)(C)c1ccc(/C=C/c2cc(C=O)cc(/C=C/c3ccc(C(C)(C)C)cc3)c2)cc1. The number of rotatable bonds is 5. The molecule has 0 saturated carbocycles. The van der Waals surface area contributed by atoms with Crippen LogP contribution in [-0.2, 0) is 10.8 Å². The van der Waals surface area contributed by atoms with Gasteiger partial charge >= 0.3 is 0 Å². The number of aldehydes is 1. The summed E-state index contributed by atoms with van der Waals surface area (Å²) in [6.45, 7) is 13.3. The lowest BCUT2D eigenvalue weighted by Gasteiger charge is -2.18. The Morgan fingerprint density at radius 1 is 0.469 bits per heavy atom. The second-order valence-electron chi connectivity index (χ2n) is 10.5. The third-order valence-electron chi connectivity index (χ3n) is 5.63. The third-order valence-corrected chi connectivity index (χ3v) is 5.63. The summed E-state index contributed by atoms with van der Waals surface area (Å²) in [6, 6.07) is 23.2. The second-order valence-corrected chi connectivity index (χ2v) is 10.5. The first-order valence-corrected chi connectivity index (χ1v) is 11.2. The van der Waals surface area contributed by atoms with E-state index >= 15 is 0 Å². The second kappa shape index (κ2) is 9.53. The predicted octanol–water partition coefficient (Wildman–Crippen LogP) is 8.43. The molecule has 0 bridgehead atoms. The van der Waals surface area contributed by atoms with E-state index in [-0.39, 0.29) is 10.8 Å². The lowest BCUT2D eigenvalue weighted by Crippen LogP contribution is -2.10. The van der Waals surface area contributed by atoms with Crippen molar-refractivity contribution in [3.8, 4) is 0 Å². The van der Waals surface area contributed by atoms with Gasteiger partial charge < -0.3 is 0 Å². The zero-order valence-electron chi connectivity index (χ0n) is 20.1. The van der Waals surface area contributed by atoms with Crippen LogP contribution in [0.2, 0.25) is 0 Å². The Labute approximate surface area is 193 Å². The fraction of sp³-hybridized carbons (Fsp3) is 0.258. The van der Waals surface area contributed by atoms with Crippen molar-refractivity contribution in [3.63, 3.8) is 0 Å². The van der Waals surface area contributed by atoms with E-state index in [0.717, 1.165) is 28.5 Å². The minimum Gasteiger partial charge on any atom is -0.298 e. The Morgan fingerprint density at radius 3 is 1.09 bits per heavy atom. The van der Waals surface area contributed by atoms with Gasteiger partial charge in [-0.15, -0.1) is 0 Å². The van der Waals surface area contributed by atoms with E-state index in [0.29, 0.717) is 5.56 Å². The maximum absolute atomic E-state index is 11.5. The molecule has 1 heteroatoms. The van der Waals surface area contributed by atoms with Crippen LogP contribution >= 0.6 is 0 Å². The topological polar surface area (TPSA) is 17.1 Å². The van der Waals surface area contributed by atoms with Crippen molar-refractivity contribution in [2.24, 2.45) is 0 Å². The fourth-order valence-electron chi connectivity index (χ4n) is 3.54. The van der Waals surface area contributed by atoms with Crippen LogP contribution < -0.4 is 0 Å². The Balaban J connectivity index is 1.80. The largest absolute Gasteiger partial charge is 0.298 e. The number of hydrogen-bond donors (Lipinski definition) is 0. The lowest BCUT2D eigenvalue weighted by atomic mass is 9.86. The van der Waals surface area contributed by atoms with E-state index in [4.69, 9.17) is 0 Å². The maximum Gasteiger partial charge on any atom is 0.150 e. The van der Waals surface area contributed by atoms with Gasteiger partial charge in [0.15, 0.2) is 0 Å². The van der Waals surface area contributed by atoms with Crippen LogP contribution in [0.15, 0.2) is 66.7 Å². The molecule has 0 aliphatic heterocycles. The molecule has 0 atom stereocenters. The molecule has 0 unspecified atom stereocenters. The predicted molar refractivity (Wildman–Crippen MR) is 140 cm³/mol. The van der Waals surface area contributed by atoms with Crippen molar-refractivity contribution in [1.82, 2.24) is 0 Å². The molecule has 1 nitrogen and oxygen atoms in total. The molecule has 3 rings (SSSR count). The monoisotopic (exact) mass is 422 g/mol. The fourth-order valence-corrected chi connectivity index (χ4v) is 3.54. The highest BCUT2D eigenvalue weighted by molar-refractivity contribution is 5.82. The summed E-state index contributed by atoms with van der Waals surface area (Å²) in [6.07, 6.45) is 9.22. The number of carbonyl (C=O) groups excluding carboxylic acids is 1. The van der Waals surface area contributed by atoms with E-state index in [1.54, 1.807) is 0 Å². The van der Waals surface area contributed by atoms with E-state index in [1.165, 1.54) is 11.1 Å². The maximum atomic E-state index is 11.5. The first kappa shape index (κ1) is 23.5. The highest BCUT2D eigenvalue weighted by Crippen LogP contribution is 2.24. The van der Waals surface area contributed by atoms with Crippen molar-refractivity contribution in [3.05, 3.63) is 106 Å². The van der Waals surface area contributed by atoms with Crippen molar-refractivity contribution in [1.29, 1.82) is 0 Å². The smallest absolute Gasteiger partial charge is 0.150 e. The molecule has 0 amide bonds. The Bertz CT molecular complexity index is 1030. The summed E-state index contributed by atoms with van der Waals surface area (Å²) in [5.74, 6) is 0. The molecule has 32 heavy (non-hydrogen) atoms. The Kier molecular flexibility index (Phi) is 6.99. The van der Waals surface area contributed by atoms with Crippen molar-refractivity contribution >= 4 is 30.6 Å². The summed E-state index contributed by atoms with van der Waals surface area (Å²) >= 11 is 0. The van der Waals surface area contributed by atoms with E-state index in [2.05, 4.69) is 120 Å². The highest BCUT2D eigenvalue weighted by Gasteiger charge is 2.13. The molecule has 0 saturated heterocycles. The minimum atomic E-state index is 0.148. The van der Waals surface area contributed by atoms with Crippen LogP contribution in [0, 0.1) is 0 Å². The third kappa shape index (κ3) is 6.40. The zero-order chi connectivity index (χ0) is 23.4. The van der Waals surface area contributed by atoms with Crippen molar-refractivity contribution in [2.45, 2.75) is 52.4 Å². The molecular formula is C31H34O. The van der Waals surface area contributed by atoms with Gasteiger partial charge in [-0.1, -0.05) is 114 Å². The number of hydrogen-bond acceptors (Lipinski definition) is 1. The summed E-state index contributed by atoms with van der Waals surface area (Å²) < 4.78 is 0. The number of benzene rings is 3. The summed E-state index contributed by atoms with van der Waals surface area (Å²) in [7, 11) is 0. The van der Waals surface area contributed by atoms with E-state index in [1.807, 2.05) is 12.1 Å². The molecule has 3 aromatic rings. The lowest BCUT2D eigenvalue weighted by molar-refractivity contribution is 0.112. The van der Waals surface area contributed by atoms with Crippen molar-refractivity contribution < 1.29 is 4.79 Å². The normalized spacial score (nSPS) is 12.6. The van der Waals surface area contributed by atoms with E-state index < -0.39 is 0 Å². The average Bonchev–Trinajstić information content (AvgIpc) is 2.75. The quantitative estimate of drug-likeness (QED) is 0.298. The van der Waals surface area contributed by atoms with Crippen LogP contribution in [0.3, 0.4) is 0 Å². The molecule has 0 aromatic heterocycles. The van der Waals surface area contributed by atoms with Gasteiger partial charge in [0, 0.05) is 5.56 Å². The molecule has 0 spiro atoms. The van der Waals surface area contributed by atoms with Gasteiger partial charge in [0.2, 0.25) is 0 Å². The summed E-state index contributed by atoms with van der Waals surface area (Å²) in [5, 5.41) is 0. The van der Waals surface area contributed by atoms with Crippen LogP contribution in [0.1, 0.15) is 85.3 Å². The van der Waals surface area contributed by atoms with Gasteiger partial charge in [-0.3, -0.25) is 4.79 Å². The molecule has 164 valence electrons. The van der Waals surface area contributed by atoms with Gasteiger partial charge in [0.05, 0.1) is 0 Å². The first-order chi connectivity index (χ1) is 15.0. The molecule has 0 aliphatic carbocycles. The zero-order valence-corrected chi connectivity index (χ0v) is 20.1. The average molecular weight is 423 g/mol. The van der Waals surface area contributed by atoms with Gasteiger partial charge in [-0.25, -0.2) is 0 Å².